The summed E-state index contributed by atoms with van der Waals surface area (Å²) in [7, 11) is 0. The lowest BCUT2D eigenvalue weighted by atomic mass is 9.82. The number of rotatable bonds is 2. The van der Waals surface area contributed by atoms with Gasteiger partial charge in [0.2, 0.25) is 0 Å². The van der Waals surface area contributed by atoms with Gasteiger partial charge in [0.25, 0.3) is 0 Å². The van der Waals surface area contributed by atoms with E-state index in [1.54, 1.807) is 0 Å². The first kappa shape index (κ1) is 18.1. The molecule has 5 heteroatoms. The van der Waals surface area contributed by atoms with Crippen molar-refractivity contribution in [2.75, 3.05) is 0 Å². The second-order valence-corrected chi connectivity index (χ2v) is 9.70. The molecule has 1 saturated carbocycles. The van der Waals surface area contributed by atoms with Crippen LogP contribution in [0.3, 0.4) is 0 Å². The van der Waals surface area contributed by atoms with E-state index in [9.17, 15) is 9.90 Å². The van der Waals surface area contributed by atoms with Crippen LogP contribution < -0.4 is 0 Å². The fourth-order valence-electron chi connectivity index (χ4n) is 5.67. The van der Waals surface area contributed by atoms with Gasteiger partial charge >= 0.3 is 5.97 Å². The molecule has 1 aliphatic carbocycles. The van der Waals surface area contributed by atoms with Gasteiger partial charge in [0, 0.05) is 23.7 Å². The van der Waals surface area contributed by atoms with E-state index in [1.807, 2.05) is 18.3 Å². The number of hydrogen-bond acceptors (Lipinski definition) is 3. The van der Waals surface area contributed by atoms with Crippen LogP contribution in [0, 0.1) is 0 Å². The monoisotopic (exact) mass is 416 g/mol. The number of aryl methyl sites for hydroxylation is 2. The smallest absolute Gasteiger partial charge is 0.345 e. The van der Waals surface area contributed by atoms with Crippen molar-refractivity contribution < 1.29 is 9.90 Å². The molecule has 0 radical (unpaired) electrons. The molecule has 0 unspecified atom stereocenters. The van der Waals surface area contributed by atoms with Crippen LogP contribution in [-0.4, -0.2) is 20.6 Å². The molecular weight excluding hydrogens is 392 g/mol. The summed E-state index contributed by atoms with van der Waals surface area (Å²) in [5, 5.41) is 10.9. The molecule has 0 amide bonds. The van der Waals surface area contributed by atoms with Gasteiger partial charge in [-0.25, -0.2) is 4.79 Å². The molecule has 0 bridgehead atoms. The van der Waals surface area contributed by atoms with E-state index in [2.05, 4.69) is 27.8 Å². The Bertz CT molecular complexity index is 1290. The van der Waals surface area contributed by atoms with Crippen molar-refractivity contribution in [3.63, 3.8) is 0 Å². The van der Waals surface area contributed by atoms with Gasteiger partial charge in [-0.05, 0) is 60.9 Å². The number of carboxylic acids is 1. The standard InChI is InChI=1S/C25H24N2O2S/c28-25(29)21-14-20-24(30-21)22(15-6-2-1-3-7-15)23-18-10-11-19-17(8-4-12-26-19)16(18)9-5-13-27(20)23/h4,8,10-12,14-15H,1-3,5-7,9,13H2,(H,28,29). The second-order valence-electron chi connectivity index (χ2n) is 8.64. The zero-order valence-corrected chi connectivity index (χ0v) is 17.7. The number of hydrogen-bond donors (Lipinski definition) is 1. The van der Waals surface area contributed by atoms with Gasteiger partial charge in [0.05, 0.1) is 21.4 Å². The molecular formula is C25H24N2O2S. The lowest BCUT2D eigenvalue weighted by Crippen LogP contribution is -2.07. The molecule has 1 aliphatic heterocycles. The number of aromatic carboxylic acids is 1. The van der Waals surface area contributed by atoms with Crippen molar-refractivity contribution in [2.45, 2.75) is 57.4 Å². The Balaban J connectivity index is 1.68. The zero-order valence-electron chi connectivity index (χ0n) is 16.9. The van der Waals surface area contributed by atoms with Gasteiger partial charge in [-0.2, -0.15) is 0 Å². The Labute approximate surface area is 179 Å². The average Bonchev–Trinajstić information content (AvgIpc) is 3.26. The summed E-state index contributed by atoms with van der Waals surface area (Å²) in [6.07, 6.45) is 10.2. The fraction of sp³-hybridized carbons (Fsp3) is 0.360. The maximum Gasteiger partial charge on any atom is 0.345 e. The van der Waals surface area contributed by atoms with E-state index in [4.69, 9.17) is 0 Å². The third kappa shape index (κ3) is 2.64. The Kier molecular flexibility index (Phi) is 4.20. The Morgan fingerprint density at radius 1 is 1.13 bits per heavy atom. The van der Waals surface area contributed by atoms with Crippen LogP contribution in [0.15, 0.2) is 36.5 Å². The molecule has 4 nitrogen and oxygen atoms in total. The number of fused-ring (bicyclic) bond motifs is 7. The van der Waals surface area contributed by atoms with Gasteiger partial charge in [-0.3, -0.25) is 4.98 Å². The van der Waals surface area contributed by atoms with Gasteiger partial charge in [0.1, 0.15) is 4.88 Å². The van der Waals surface area contributed by atoms with Gasteiger partial charge in [-0.1, -0.05) is 31.4 Å². The van der Waals surface area contributed by atoms with E-state index >= 15 is 0 Å². The van der Waals surface area contributed by atoms with Crippen LogP contribution in [0.4, 0.5) is 0 Å². The summed E-state index contributed by atoms with van der Waals surface area (Å²) in [6, 6.07) is 10.6. The predicted molar refractivity (Wildman–Crippen MR) is 122 cm³/mol. The first-order valence-corrected chi connectivity index (χ1v) is 11.8. The largest absolute Gasteiger partial charge is 0.477 e. The molecule has 0 atom stereocenters. The highest BCUT2D eigenvalue weighted by molar-refractivity contribution is 7.21. The summed E-state index contributed by atoms with van der Waals surface area (Å²) in [4.78, 5) is 16.8. The summed E-state index contributed by atoms with van der Waals surface area (Å²) in [5.41, 5.74) is 7.67. The Hall–Kier alpha value is -2.66. The van der Waals surface area contributed by atoms with Crippen molar-refractivity contribution >= 4 is 38.4 Å². The van der Waals surface area contributed by atoms with Crippen molar-refractivity contribution in [1.29, 1.82) is 0 Å². The van der Waals surface area contributed by atoms with Crippen molar-refractivity contribution in [3.05, 3.63) is 52.5 Å². The molecule has 30 heavy (non-hydrogen) atoms. The number of thiophene rings is 1. The van der Waals surface area contributed by atoms with Crippen LogP contribution in [0.1, 0.15) is 65.2 Å². The SMILES string of the molecule is O=C(O)c1cc2c(s1)c(C1CCCCC1)c1n2CCCc2c-1ccc1ncccc21. The maximum atomic E-state index is 11.7. The molecule has 152 valence electrons. The van der Waals surface area contributed by atoms with Crippen LogP contribution in [0.2, 0.25) is 0 Å². The maximum absolute atomic E-state index is 11.7. The first-order chi connectivity index (χ1) is 14.7. The Morgan fingerprint density at radius 3 is 2.83 bits per heavy atom. The average molecular weight is 417 g/mol. The van der Waals surface area contributed by atoms with Crippen molar-refractivity contribution in [1.82, 2.24) is 9.55 Å². The molecule has 1 aromatic carbocycles. The van der Waals surface area contributed by atoms with E-state index in [-0.39, 0.29) is 0 Å². The Morgan fingerprint density at radius 2 is 2.00 bits per heavy atom. The quantitative estimate of drug-likeness (QED) is 0.400. The van der Waals surface area contributed by atoms with E-state index < -0.39 is 5.97 Å². The topological polar surface area (TPSA) is 55.1 Å². The number of carboxylic acid groups (broad SMARTS) is 1. The van der Waals surface area contributed by atoms with Gasteiger partial charge in [-0.15, -0.1) is 11.3 Å². The second kappa shape index (κ2) is 6.95. The molecule has 4 heterocycles. The molecule has 3 aromatic heterocycles. The van der Waals surface area contributed by atoms with Crippen LogP contribution in [0.5, 0.6) is 0 Å². The first-order valence-electron chi connectivity index (χ1n) is 11.0. The van der Waals surface area contributed by atoms with E-state index in [0.717, 1.165) is 30.4 Å². The molecule has 4 aromatic rings. The predicted octanol–water partition coefficient (Wildman–Crippen LogP) is 6.61. The highest BCUT2D eigenvalue weighted by Gasteiger charge is 2.31. The number of carbonyl (C=O) groups is 1. The van der Waals surface area contributed by atoms with Crippen molar-refractivity contribution in [3.8, 4) is 11.3 Å². The van der Waals surface area contributed by atoms with Crippen LogP contribution >= 0.6 is 11.3 Å². The van der Waals surface area contributed by atoms with Crippen molar-refractivity contribution in [2.24, 2.45) is 0 Å². The third-order valence-corrected chi connectivity index (χ3v) is 8.10. The molecule has 0 spiro atoms. The highest BCUT2D eigenvalue weighted by atomic mass is 32.1. The summed E-state index contributed by atoms with van der Waals surface area (Å²) in [6.45, 7) is 0.935. The normalized spacial score (nSPS) is 17.1. The van der Waals surface area contributed by atoms with Gasteiger partial charge < -0.3 is 9.67 Å². The molecule has 1 N–H and O–H groups in total. The summed E-state index contributed by atoms with van der Waals surface area (Å²) < 4.78 is 3.63. The minimum Gasteiger partial charge on any atom is -0.477 e. The number of nitrogens with zero attached hydrogens (tertiary/aromatic N) is 2. The molecule has 2 aliphatic rings. The van der Waals surface area contributed by atoms with E-state index in [1.165, 1.54) is 75.9 Å². The summed E-state index contributed by atoms with van der Waals surface area (Å²) >= 11 is 1.47. The zero-order chi connectivity index (χ0) is 20.2. The highest BCUT2D eigenvalue weighted by Crippen LogP contribution is 2.49. The number of aromatic nitrogens is 2. The number of pyridine rings is 1. The lowest BCUT2D eigenvalue weighted by Gasteiger charge is -2.24. The van der Waals surface area contributed by atoms with Gasteiger partial charge in [0.15, 0.2) is 0 Å². The molecule has 1 fully saturated rings. The summed E-state index contributed by atoms with van der Waals surface area (Å²) in [5.74, 6) is -0.292. The minimum absolute atomic E-state index is 0.458. The molecule has 0 saturated heterocycles. The lowest BCUT2D eigenvalue weighted by molar-refractivity contribution is 0.0702. The van der Waals surface area contributed by atoms with Crippen LogP contribution in [0.25, 0.3) is 32.4 Å². The number of benzene rings is 1. The third-order valence-electron chi connectivity index (χ3n) is 6.96. The molecule has 6 rings (SSSR count). The van der Waals surface area contributed by atoms with E-state index in [0.29, 0.717) is 10.8 Å². The fourth-order valence-corrected chi connectivity index (χ4v) is 6.79. The van der Waals surface area contributed by atoms with Crippen LogP contribution in [-0.2, 0) is 13.0 Å². The minimum atomic E-state index is -0.814.